The van der Waals surface area contributed by atoms with Gasteiger partial charge in [-0.2, -0.15) is 0 Å². The molecule has 82 valence electrons. The minimum absolute atomic E-state index is 0.0274. The number of aryl methyl sites for hydroxylation is 1. The molecule has 15 heavy (non-hydrogen) atoms. The van der Waals surface area contributed by atoms with E-state index in [1.165, 1.54) is 11.1 Å². The van der Waals surface area contributed by atoms with Gasteiger partial charge < -0.3 is 4.74 Å². The largest absolute Gasteiger partial charge is 0.365 e. The van der Waals surface area contributed by atoms with Crippen LogP contribution in [0.2, 0.25) is 0 Å². The van der Waals surface area contributed by atoms with Crippen LogP contribution in [0.4, 0.5) is 0 Å². The van der Waals surface area contributed by atoms with Gasteiger partial charge >= 0.3 is 0 Å². The second kappa shape index (κ2) is 3.34. The van der Waals surface area contributed by atoms with E-state index in [1.54, 1.807) is 0 Å². The summed E-state index contributed by atoms with van der Waals surface area (Å²) >= 11 is 0. The fourth-order valence-corrected chi connectivity index (χ4v) is 2.36. The highest BCUT2D eigenvalue weighted by atomic mass is 16.5. The van der Waals surface area contributed by atoms with Crippen LogP contribution in [0.15, 0.2) is 24.3 Å². The van der Waals surface area contributed by atoms with Gasteiger partial charge in [-0.3, -0.25) is 0 Å². The predicted molar refractivity (Wildman–Crippen MR) is 62.9 cm³/mol. The fraction of sp³-hybridized carbons (Fsp3) is 0.571. The summed E-state index contributed by atoms with van der Waals surface area (Å²) in [7, 11) is 0. The van der Waals surface area contributed by atoms with Gasteiger partial charge in [0, 0.05) is 0 Å². The predicted octanol–water partition coefficient (Wildman–Crippen LogP) is 3.80. The highest BCUT2D eigenvalue weighted by Gasteiger charge is 2.41. The molecule has 0 unspecified atom stereocenters. The van der Waals surface area contributed by atoms with Gasteiger partial charge in [0.2, 0.25) is 0 Å². The number of hydrogen-bond acceptors (Lipinski definition) is 1. The highest BCUT2D eigenvalue weighted by molar-refractivity contribution is 5.27. The summed E-state index contributed by atoms with van der Waals surface area (Å²) < 4.78 is 6.16. The van der Waals surface area contributed by atoms with Crippen LogP contribution in [-0.4, -0.2) is 5.60 Å². The van der Waals surface area contributed by atoms with Gasteiger partial charge in [0.1, 0.15) is 0 Å². The third-order valence-electron chi connectivity index (χ3n) is 3.37. The molecule has 0 radical (unpaired) electrons. The van der Waals surface area contributed by atoms with E-state index in [2.05, 4.69) is 52.0 Å². The zero-order valence-corrected chi connectivity index (χ0v) is 10.1. The van der Waals surface area contributed by atoms with E-state index in [1.807, 2.05) is 0 Å². The number of benzene rings is 1. The van der Waals surface area contributed by atoms with Crippen molar-refractivity contribution in [3.8, 4) is 0 Å². The van der Waals surface area contributed by atoms with Crippen molar-refractivity contribution in [1.29, 1.82) is 0 Å². The van der Waals surface area contributed by atoms with Crippen molar-refractivity contribution in [1.82, 2.24) is 0 Å². The van der Waals surface area contributed by atoms with Crippen LogP contribution in [0.3, 0.4) is 0 Å². The molecule has 0 amide bonds. The van der Waals surface area contributed by atoms with Gasteiger partial charge in [-0.05, 0) is 46.1 Å². The van der Waals surface area contributed by atoms with E-state index in [4.69, 9.17) is 4.74 Å². The van der Waals surface area contributed by atoms with Gasteiger partial charge in [0.05, 0.1) is 11.2 Å². The average Bonchev–Trinajstić information content (AvgIpc) is 2.43. The molecule has 1 nitrogen and oxygen atoms in total. The lowest BCUT2D eigenvalue weighted by atomic mass is 9.91. The Morgan fingerprint density at radius 2 is 1.60 bits per heavy atom. The summed E-state index contributed by atoms with van der Waals surface area (Å²) in [6, 6.07) is 8.71. The number of rotatable bonds is 1. The van der Waals surface area contributed by atoms with Crippen molar-refractivity contribution in [2.24, 2.45) is 0 Å². The molecule has 1 heterocycles. The molecule has 0 bridgehead atoms. The highest BCUT2D eigenvalue weighted by Crippen LogP contribution is 2.43. The Morgan fingerprint density at radius 1 is 1.00 bits per heavy atom. The molecule has 1 atom stereocenters. The van der Waals surface area contributed by atoms with Crippen molar-refractivity contribution in [2.75, 3.05) is 0 Å². The topological polar surface area (TPSA) is 9.23 Å². The first-order valence-electron chi connectivity index (χ1n) is 5.69. The van der Waals surface area contributed by atoms with Gasteiger partial charge in [-0.25, -0.2) is 0 Å². The minimum atomic E-state index is -0.0861. The smallest absolute Gasteiger partial charge is 0.0911 e. The first-order valence-corrected chi connectivity index (χ1v) is 5.69. The third kappa shape index (κ3) is 2.07. The lowest BCUT2D eigenvalue weighted by Crippen LogP contribution is -2.26. The van der Waals surface area contributed by atoms with Crippen molar-refractivity contribution in [3.63, 3.8) is 0 Å². The summed E-state index contributed by atoms with van der Waals surface area (Å²) in [5.74, 6) is 0. The standard InChI is InChI=1S/C14H20O/c1-11-5-7-12(8-6-11)14(4)10-9-13(2,3)15-14/h5-8H,9-10H2,1-4H3/t14-/m0/s1. The average molecular weight is 204 g/mol. The lowest BCUT2D eigenvalue weighted by Gasteiger charge is -2.28. The van der Waals surface area contributed by atoms with E-state index >= 15 is 0 Å². The molecule has 0 aromatic heterocycles. The Bertz CT molecular complexity index is 350. The molecular formula is C14H20O. The van der Waals surface area contributed by atoms with Crippen LogP contribution < -0.4 is 0 Å². The second-order valence-corrected chi connectivity index (χ2v) is 5.46. The molecule has 1 aromatic rings. The van der Waals surface area contributed by atoms with Gasteiger partial charge in [-0.15, -0.1) is 0 Å². The zero-order chi connectivity index (χ0) is 11.1. The Morgan fingerprint density at radius 3 is 2.07 bits per heavy atom. The number of hydrogen-bond donors (Lipinski definition) is 0. The Hall–Kier alpha value is -0.820. The second-order valence-electron chi connectivity index (χ2n) is 5.46. The zero-order valence-electron chi connectivity index (χ0n) is 10.1. The fourth-order valence-electron chi connectivity index (χ4n) is 2.36. The van der Waals surface area contributed by atoms with E-state index in [9.17, 15) is 0 Å². The summed E-state index contributed by atoms with van der Waals surface area (Å²) in [4.78, 5) is 0. The monoisotopic (exact) mass is 204 g/mol. The lowest BCUT2D eigenvalue weighted by molar-refractivity contribution is -0.0793. The van der Waals surface area contributed by atoms with Crippen LogP contribution in [0.5, 0.6) is 0 Å². The van der Waals surface area contributed by atoms with Crippen LogP contribution >= 0.6 is 0 Å². The summed E-state index contributed by atoms with van der Waals surface area (Å²) in [6.07, 6.45) is 2.25. The Kier molecular flexibility index (Phi) is 2.38. The van der Waals surface area contributed by atoms with E-state index < -0.39 is 0 Å². The van der Waals surface area contributed by atoms with Crippen molar-refractivity contribution in [2.45, 2.75) is 51.7 Å². The van der Waals surface area contributed by atoms with Crippen molar-refractivity contribution < 1.29 is 4.74 Å². The SMILES string of the molecule is Cc1ccc([C@]2(C)CCC(C)(C)O2)cc1. The van der Waals surface area contributed by atoms with Crippen molar-refractivity contribution in [3.05, 3.63) is 35.4 Å². The van der Waals surface area contributed by atoms with E-state index in [0.29, 0.717) is 0 Å². The summed E-state index contributed by atoms with van der Waals surface area (Å²) in [5.41, 5.74) is 2.55. The van der Waals surface area contributed by atoms with Crippen LogP contribution in [-0.2, 0) is 10.3 Å². The van der Waals surface area contributed by atoms with Gasteiger partial charge in [0.25, 0.3) is 0 Å². The normalized spacial score (nSPS) is 29.3. The first-order chi connectivity index (χ1) is 6.91. The molecule has 2 rings (SSSR count). The van der Waals surface area contributed by atoms with Gasteiger partial charge in [0.15, 0.2) is 0 Å². The molecular weight excluding hydrogens is 184 g/mol. The first kappa shape index (κ1) is 10.7. The number of ether oxygens (including phenoxy) is 1. The quantitative estimate of drug-likeness (QED) is 0.676. The Labute approximate surface area is 92.5 Å². The molecule has 0 aliphatic carbocycles. The van der Waals surface area contributed by atoms with E-state index in [-0.39, 0.29) is 11.2 Å². The summed E-state index contributed by atoms with van der Waals surface area (Å²) in [6.45, 7) is 8.66. The van der Waals surface area contributed by atoms with Crippen LogP contribution in [0.1, 0.15) is 44.7 Å². The molecule has 1 aromatic carbocycles. The molecule has 0 spiro atoms. The van der Waals surface area contributed by atoms with Crippen molar-refractivity contribution >= 4 is 0 Å². The van der Waals surface area contributed by atoms with Gasteiger partial charge in [-0.1, -0.05) is 29.8 Å². The van der Waals surface area contributed by atoms with E-state index in [0.717, 1.165) is 12.8 Å². The maximum Gasteiger partial charge on any atom is 0.0911 e. The Balaban J connectivity index is 2.27. The third-order valence-corrected chi connectivity index (χ3v) is 3.37. The maximum absolute atomic E-state index is 6.16. The molecule has 1 aliphatic rings. The molecule has 0 saturated carbocycles. The molecule has 1 saturated heterocycles. The minimum Gasteiger partial charge on any atom is -0.365 e. The van der Waals surface area contributed by atoms with Crippen LogP contribution in [0, 0.1) is 6.92 Å². The molecule has 1 aliphatic heterocycles. The summed E-state index contributed by atoms with van der Waals surface area (Å²) in [5, 5.41) is 0. The van der Waals surface area contributed by atoms with Crippen LogP contribution in [0.25, 0.3) is 0 Å². The molecule has 1 fully saturated rings. The molecule has 0 N–H and O–H groups in total. The molecule has 1 heteroatoms. The maximum atomic E-state index is 6.16.